The Morgan fingerprint density at radius 2 is 2.03 bits per heavy atom. The summed E-state index contributed by atoms with van der Waals surface area (Å²) in [5, 5.41) is 10.6. The van der Waals surface area contributed by atoms with Crippen molar-refractivity contribution in [2.24, 2.45) is 5.92 Å². The Kier molecular flexibility index (Phi) is 5.24. The lowest BCUT2D eigenvalue weighted by molar-refractivity contribution is -0.129. The highest BCUT2D eigenvalue weighted by molar-refractivity contribution is 8.00. The van der Waals surface area contributed by atoms with Crippen LogP contribution in [0, 0.1) is 12.8 Å². The lowest BCUT2D eigenvalue weighted by Gasteiger charge is -2.30. The molecular formula is C21H22N4O3S2. The number of fused-ring (bicyclic) bond motifs is 2. The third-order valence-electron chi connectivity index (χ3n) is 5.51. The number of amides is 1. The lowest BCUT2D eigenvalue weighted by Crippen LogP contribution is -2.38. The highest BCUT2D eigenvalue weighted by Gasteiger charge is 2.23. The van der Waals surface area contributed by atoms with Gasteiger partial charge in [-0.1, -0.05) is 18.7 Å². The van der Waals surface area contributed by atoms with Crippen molar-refractivity contribution in [1.29, 1.82) is 0 Å². The van der Waals surface area contributed by atoms with Crippen LogP contribution < -0.4 is 9.47 Å². The van der Waals surface area contributed by atoms with Crippen molar-refractivity contribution in [3.05, 3.63) is 23.2 Å². The number of aromatic nitrogens is 3. The highest BCUT2D eigenvalue weighted by atomic mass is 32.2. The molecule has 1 amide bonds. The van der Waals surface area contributed by atoms with Crippen molar-refractivity contribution in [2.75, 3.05) is 25.6 Å². The standard InChI is InChI=1S/C21H22N4O3S2/c1-12-5-7-25(8-6-12)17(26)10-29-21-19-20(30-13(2)22-19)18(23-24-21)14-3-4-15-16(9-14)28-11-27-15/h3-4,9,12H,5-8,10-11H2,1-2H3. The first-order chi connectivity index (χ1) is 14.6. The lowest BCUT2D eigenvalue weighted by atomic mass is 9.99. The van der Waals surface area contributed by atoms with Gasteiger partial charge in [0.1, 0.15) is 16.2 Å². The van der Waals surface area contributed by atoms with Crippen molar-refractivity contribution in [1.82, 2.24) is 20.1 Å². The van der Waals surface area contributed by atoms with Crippen molar-refractivity contribution < 1.29 is 14.3 Å². The zero-order valence-electron chi connectivity index (χ0n) is 16.9. The van der Waals surface area contributed by atoms with Crippen LogP contribution in [0.2, 0.25) is 0 Å². The van der Waals surface area contributed by atoms with Crippen LogP contribution in [0.1, 0.15) is 24.8 Å². The number of rotatable bonds is 4. The fourth-order valence-electron chi connectivity index (χ4n) is 3.73. The number of hydrogen-bond acceptors (Lipinski definition) is 8. The Bertz CT molecular complexity index is 1110. The smallest absolute Gasteiger partial charge is 0.232 e. The van der Waals surface area contributed by atoms with Gasteiger partial charge in [-0.25, -0.2) is 4.98 Å². The van der Waals surface area contributed by atoms with E-state index in [1.54, 1.807) is 11.3 Å². The summed E-state index contributed by atoms with van der Waals surface area (Å²) < 4.78 is 11.9. The molecule has 7 nitrogen and oxygen atoms in total. The van der Waals surface area contributed by atoms with Gasteiger partial charge in [-0.15, -0.1) is 21.5 Å². The molecule has 1 aromatic carbocycles. The van der Waals surface area contributed by atoms with Crippen LogP contribution in [-0.4, -0.2) is 51.6 Å². The van der Waals surface area contributed by atoms with Gasteiger partial charge in [0.25, 0.3) is 0 Å². The number of likely N-dealkylation sites (tertiary alicyclic amines) is 1. The molecule has 156 valence electrons. The van der Waals surface area contributed by atoms with Gasteiger partial charge < -0.3 is 14.4 Å². The predicted octanol–water partition coefficient (Wildman–Crippen LogP) is 4.14. The van der Waals surface area contributed by atoms with Crippen molar-refractivity contribution in [2.45, 2.75) is 31.7 Å². The molecule has 0 spiro atoms. The van der Waals surface area contributed by atoms with Crippen molar-refractivity contribution in [3.8, 4) is 22.8 Å². The molecule has 0 radical (unpaired) electrons. The number of carbonyl (C=O) groups excluding carboxylic acids is 1. The minimum Gasteiger partial charge on any atom is -0.454 e. The highest BCUT2D eigenvalue weighted by Crippen LogP contribution is 2.39. The van der Waals surface area contributed by atoms with E-state index in [4.69, 9.17) is 9.47 Å². The molecule has 0 N–H and O–H groups in total. The number of ether oxygens (including phenoxy) is 2. The van der Waals surface area contributed by atoms with Crippen LogP contribution >= 0.6 is 23.1 Å². The molecular weight excluding hydrogens is 420 g/mol. The minimum absolute atomic E-state index is 0.161. The zero-order valence-corrected chi connectivity index (χ0v) is 18.5. The Morgan fingerprint density at radius 1 is 1.23 bits per heavy atom. The van der Waals surface area contributed by atoms with E-state index < -0.39 is 0 Å². The van der Waals surface area contributed by atoms with E-state index in [0.717, 1.165) is 58.2 Å². The number of thiazole rings is 1. The number of nitrogens with zero attached hydrogens (tertiary/aromatic N) is 4. The van der Waals surface area contributed by atoms with Gasteiger partial charge in [-0.05, 0) is 43.9 Å². The molecule has 4 heterocycles. The van der Waals surface area contributed by atoms with E-state index in [-0.39, 0.29) is 12.7 Å². The van der Waals surface area contributed by atoms with Crippen LogP contribution in [0.25, 0.3) is 21.5 Å². The Labute approximate surface area is 182 Å². The Morgan fingerprint density at radius 3 is 2.87 bits per heavy atom. The van der Waals surface area contributed by atoms with Gasteiger partial charge in [0.05, 0.1) is 15.5 Å². The van der Waals surface area contributed by atoms with E-state index >= 15 is 0 Å². The summed E-state index contributed by atoms with van der Waals surface area (Å²) in [6.45, 7) is 6.15. The monoisotopic (exact) mass is 442 g/mol. The Hall–Kier alpha value is -2.39. The second-order valence-corrected chi connectivity index (χ2v) is 9.85. The number of benzene rings is 1. The summed E-state index contributed by atoms with van der Waals surface area (Å²) in [5.41, 5.74) is 2.50. The van der Waals surface area contributed by atoms with E-state index in [1.807, 2.05) is 30.0 Å². The molecule has 3 aromatic rings. The van der Waals surface area contributed by atoms with Crippen molar-refractivity contribution in [3.63, 3.8) is 0 Å². The van der Waals surface area contributed by atoms with Crippen LogP contribution in [0.3, 0.4) is 0 Å². The molecule has 0 atom stereocenters. The van der Waals surface area contributed by atoms with E-state index in [0.29, 0.717) is 22.4 Å². The maximum Gasteiger partial charge on any atom is 0.232 e. The number of thioether (sulfide) groups is 1. The average Bonchev–Trinajstić information content (AvgIpc) is 3.37. The molecule has 1 saturated heterocycles. The van der Waals surface area contributed by atoms with Crippen molar-refractivity contribution >= 4 is 39.2 Å². The second-order valence-electron chi connectivity index (χ2n) is 7.68. The zero-order chi connectivity index (χ0) is 20.7. The van der Waals surface area contributed by atoms with Gasteiger partial charge in [0, 0.05) is 18.7 Å². The van der Waals surface area contributed by atoms with Gasteiger partial charge in [-0.3, -0.25) is 4.79 Å². The molecule has 2 aliphatic rings. The predicted molar refractivity (Wildman–Crippen MR) is 117 cm³/mol. The fraction of sp³-hybridized carbons (Fsp3) is 0.429. The first-order valence-corrected chi connectivity index (χ1v) is 11.8. The SMILES string of the molecule is Cc1nc2c(SCC(=O)N3CCC(C)CC3)nnc(-c3ccc4c(c3)OCO4)c2s1. The molecule has 9 heteroatoms. The molecule has 30 heavy (non-hydrogen) atoms. The van der Waals surface area contributed by atoms with E-state index in [9.17, 15) is 4.79 Å². The average molecular weight is 443 g/mol. The molecule has 5 rings (SSSR count). The van der Waals surface area contributed by atoms with E-state index in [2.05, 4.69) is 22.1 Å². The molecule has 0 bridgehead atoms. The molecule has 2 aromatic heterocycles. The van der Waals surface area contributed by atoms with Gasteiger partial charge in [0.15, 0.2) is 11.5 Å². The largest absolute Gasteiger partial charge is 0.454 e. The van der Waals surface area contributed by atoms with Crippen LogP contribution in [-0.2, 0) is 4.79 Å². The quantitative estimate of drug-likeness (QED) is 0.562. The molecule has 0 aliphatic carbocycles. The first-order valence-electron chi connectivity index (χ1n) is 10.0. The van der Waals surface area contributed by atoms with Gasteiger partial charge in [0.2, 0.25) is 12.7 Å². The van der Waals surface area contributed by atoms with Crippen LogP contribution in [0.4, 0.5) is 0 Å². The van der Waals surface area contributed by atoms with Gasteiger partial charge >= 0.3 is 0 Å². The van der Waals surface area contributed by atoms with Crippen LogP contribution in [0.15, 0.2) is 23.2 Å². The summed E-state index contributed by atoms with van der Waals surface area (Å²) in [5.74, 6) is 2.67. The third kappa shape index (κ3) is 3.72. The summed E-state index contributed by atoms with van der Waals surface area (Å²) in [6.07, 6.45) is 2.16. The maximum atomic E-state index is 12.6. The molecule has 2 aliphatic heterocycles. The second kappa shape index (κ2) is 8.03. The number of piperidine rings is 1. The Balaban J connectivity index is 1.39. The number of carbonyl (C=O) groups is 1. The first kappa shape index (κ1) is 19.6. The topological polar surface area (TPSA) is 77.4 Å². The molecule has 0 unspecified atom stereocenters. The molecule has 0 saturated carbocycles. The van der Waals surface area contributed by atoms with Crippen LogP contribution in [0.5, 0.6) is 11.5 Å². The minimum atomic E-state index is 0.161. The summed E-state index contributed by atoms with van der Waals surface area (Å²) in [7, 11) is 0. The maximum absolute atomic E-state index is 12.6. The third-order valence-corrected chi connectivity index (χ3v) is 7.42. The molecule has 1 fully saturated rings. The summed E-state index contributed by atoms with van der Waals surface area (Å²) in [4.78, 5) is 19.3. The fourth-order valence-corrected chi connectivity index (χ4v) is 5.55. The summed E-state index contributed by atoms with van der Waals surface area (Å²) >= 11 is 3.01. The van der Waals surface area contributed by atoms with E-state index in [1.165, 1.54) is 11.8 Å². The van der Waals surface area contributed by atoms with Gasteiger partial charge in [-0.2, -0.15) is 0 Å². The normalized spacial score (nSPS) is 16.4. The number of hydrogen-bond donors (Lipinski definition) is 0. The number of aryl methyl sites for hydroxylation is 1. The summed E-state index contributed by atoms with van der Waals surface area (Å²) in [6, 6.07) is 5.77.